The first kappa shape index (κ1) is 46.5. The zero-order valence-corrected chi connectivity index (χ0v) is 36.0. The van der Waals surface area contributed by atoms with Crippen molar-refractivity contribution in [3.8, 4) is 0 Å². The van der Waals surface area contributed by atoms with Gasteiger partial charge in [0.05, 0.1) is 24.8 Å². The minimum atomic E-state index is -1.28. The van der Waals surface area contributed by atoms with E-state index in [2.05, 4.69) is 0 Å². The molecular formula is C42H67N3O11. The minimum Gasteiger partial charge on any atom is -0.459 e. The van der Waals surface area contributed by atoms with Gasteiger partial charge in [-0.1, -0.05) is 30.3 Å². The van der Waals surface area contributed by atoms with E-state index >= 15 is 0 Å². The number of carbonyl (C=O) groups excluding carboxylic acids is 5. The molecule has 2 saturated heterocycles. The summed E-state index contributed by atoms with van der Waals surface area (Å²) in [6, 6.07) is 5.69. The van der Waals surface area contributed by atoms with Crippen molar-refractivity contribution in [1.82, 2.24) is 14.7 Å². The number of likely N-dealkylation sites (tertiary alicyclic amines) is 2. The molecule has 2 fully saturated rings. The lowest BCUT2D eigenvalue weighted by atomic mass is 10.0. The molecule has 0 bridgehead atoms. The Morgan fingerprint density at radius 3 is 1.98 bits per heavy atom. The van der Waals surface area contributed by atoms with Crippen LogP contribution in [0.25, 0.3) is 0 Å². The van der Waals surface area contributed by atoms with E-state index < -0.39 is 65.2 Å². The summed E-state index contributed by atoms with van der Waals surface area (Å²) in [5.41, 5.74) is -2.14. The second kappa shape index (κ2) is 19.0. The molecule has 1 aromatic rings. The molecule has 2 heterocycles. The molecule has 316 valence electrons. The number of carbonyl (C=O) groups is 5. The Hall–Kier alpha value is -3.91. The lowest BCUT2D eigenvalue weighted by Crippen LogP contribution is -2.58. The summed E-state index contributed by atoms with van der Waals surface area (Å²) in [5, 5.41) is 0. The zero-order valence-electron chi connectivity index (χ0n) is 36.0. The van der Waals surface area contributed by atoms with Crippen LogP contribution in [0.5, 0.6) is 0 Å². The lowest BCUT2D eigenvalue weighted by Gasteiger charge is -2.38. The fraction of sp³-hybridized carbons (Fsp3) is 0.738. The summed E-state index contributed by atoms with van der Waals surface area (Å²) in [6.07, 6.45) is -0.710. The second-order valence-electron chi connectivity index (χ2n) is 18.7. The number of hydrogen-bond acceptors (Lipinski definition) is 11. The molecule has 56 heavy (non-hydrogen) atoms. The van der Waals surface area contributed by atoms with Crippen LogP contribution in [0, 0.1) is 0 Å². The van der Waals surface area contributed by atoms with E-state index in [0.717, 1.165) is 12.0 Å². The highest BCUT2D eigenvalue weighted by Gasteiger charge is 2.47. The fourth-order valence-corrected chi connectivity index (χ4v) is 6.49. The molecule has 5 atom stereocenters. The average Bonchev–Trinajstić information content (AvgIpc) is 3.69. The number of amides is 3. The van der Waals surface area contributed by atoms with Gasteiger partial charge in [-0.2, -0.15) is 0 Å². The van der Waals surface area contributed by atoms with Gasteiger partial charge < -0.3 is 33.3 Å². The Balaban J connectivity index is 1.97. The molecule has 0 radical (unpaired) electrons. The summed E-state index contributed by atoms with van der Waals surface area (Å²) < 4.78 is 34.7. The van der Waals surface area contributed by atoms with Gasteiger partial charge in [-0.25, -0.2) is 19.2 Å². The number of esters is 2. The van der Waals surface area contributed by atoms with Gasteiger partial charge in [0.15, 0.2) is 0 Å². The first-order valence-corrected chi connectivity index (χ1v) is 19.7. The maximum atomic E-state index is 14.5. The van der Waals surface area contributed by atoms with E-state index in [1.807, 2.05) is 51.1 Å². The predicted molar refractivity (Wildman–Crippen MR) is 210 cm³/mol. The van der Waals surface area contributed by atoms with Crippen molar-refractivity contribution in [2.24, 2.45) is 0 Å². The molecule has 1 aromatic carbocycles. The van der Waals surface area contributed by atoms with Gasteiger partial charge in [0, 0.05) is 13.0 Å². The van der Waals surface area contributed by atoms with Gasteiger partial charge in [-0.3, -0.25) is 14.6 Å². The lowest BCUT2D eigenvalue weighted by molar-refractivity contribution is -0.161. The number of aryl methyl sites for hydroxylation is 1. The van der Waals surface area contributed by atoms with Crippen molar-refractivity contribution < 1.29 is 52.4 Å². The van der Waals surface area contributed by atoms with Gasteiger partial charge in [0.1, 0.15) is 47.8 Å². The van der Waals surface area contributed by atoms with E-state index in [9.17, 15) is 24.0 Å². The van der Waals surface area contributed by atoms with Crippen LogP contribution in [0.15, 0.2) is 30.3 Å². The zero-order chi connectivity index (χ0) is 42.2. The van der Waals surface area contributed by atoms with E-state index in [1.165, 1.54) is 9.80 Å². The molecule has 0 aromatic heterocycles. The van der Waals surface area contributed by atoms with Crippen molar-refractivity contribution >= 4 is 30.0 Å². The molecule has 0 aliphatic carbocycles. The summed E-state index contributed by atoms with van der Waals surface area (Å²) in [6.45, 7) is 23.4. The third-order valence-electron chi connectivity index (χ3n) is 8.93. The predicted octanol–water partition coefficient (Wildman–Crippen LogP) is 6.66. The minimum absolute atomic E-state index is 0.0550. The largest absolute Gasteiger partial charge is 0.459 e. The summed E-state index contributed by atoms with van der Waals surface area (Å²) >= 11 is 0. The molecule has 14 nitrogen and oxygen atoms in total. The summed E-state index contributed by atoms with van der Waals surface area (Å²) in [7, 11) is 0. The number of benzene rings is 1. The van der Waals surface area contributed by atoms with Crippen LogP contribution in [0.4, 0.5) is 9.59 Å². The van der Waals surface area contributed by atoms with Gasteiger partial charge in [-0.15, -0.1) is 0 Å². The standard InChI is InChI=1S/C42H67N3O11/c1-28(34(46)43-23-17-20-30(43)26-51-27-52-39(2,3)4)45(38(50)56-42(11,12)13)32(22-21-29-18-15-14-16-19-29)35(47)53-31-24-33(36(48)54-40(5,6)7)44(25-31)37(49)55-41(8,9)10/h14-16,18-19,28,30-33H,17,20-27H2,1-13H3/t28-,30-,31+,32-,33-/m0/s1. The molecule has 0 N–H and O–H groups in total. The quantitative estimate of drug-likeness (QED) is 0.0914. The van der Waals surface area contributed by atoms with E-state index in [-0.39, 0.29) is 50.3 Å². The van der Waals surface area contributed by atoms with Crippen LogP contribution < -0.4 is 0 Å². The maximum Gasteiger partial charge on any atom is 0.411 e. The molecule has 3 rings (SSSR count). The molecular weight excluding hydrogens is 722 g/mol. The Labute approximate surface area is 333 Å². The molecule has 14 heteroatoms. The molecule has 2 aliphatic rings. The van der Waals surface area contributed by atoms with Crippen molar-refractivity contribution in [2.75, 3.05) is 26.5 Å². The Morgan fingerprint density at radius 1 is 0.804 bits per heavy atom. The monoisotopic (exact) mass is 789 g/mol. The Morgan fingerprint density at radius 2 is 1.41 bits per heavy atom. The topological polar surface area (TPSA) is 150 Å². The smallest absolute Gasteiger partial charge is 0.411 e. The number of rotatable bonds is 13. The molecule has 0 unspecified atom stereocenters. The van der Waals surface area contributed by atoms with Crippen LogP contribution in [-0.4, -0.2) is 124 Å². The van der Waals surface area contributed by atoms with Crippen LogP contribution in [0.2, 0.25) is 0 Å². The second-order valence-corrected chi connectivity index (χ2v) is 18.7. The van der Waals surface area contributed by atoms with Gasteiger partial charge >= 0.3 is 24.1 Å². The van der Waals surface area contributed by atoms with E-state index in [1.54, 1.807) is 74.1 Å². The maximum absolute atomic E-state index is 14.5. The third-order valence-corrected chi connectivity index (χ3v) is 8.93. The van der Waals surface area contributed by atoms with E-state index in [4.69, 9.17) is 28.4 Å². The summed E-state index contributed by atoms with van der Waals surface area (Å²) in [4.78, 5) is 74.0. The van der Waals surface area contributed by atoms with Crippen molar-refractivity contribution in [2.45, 2.75) is 175 Å². The van der Waals surface area contributed by atoms with Crippen LogP contribution >= 0.6 is 0 Å². The Bertz CT molecular complexity index is 1450. The third kappa shape index (κ3) is 14.9. The molecule has 2 aliphatic heterocycles. The van der Waals surface area contributed by atoms with Crippen LogP contribution in [-0.2, 0) is 49.2 Å². The van der Waals surface area contributed by atoms with Crippen LogP contribution in [0.1, 0.15) is 121 Å². The number of hydrogen-bond donors (Lipinski definition) is 0. The first-order chi connectivity index (χ1) is 25.7. The normalized spacial score (nSPS) is 20.3. The van der Waals surface area contributed by atoms with Gasteiger partial charge in [0.2, 0.25) is 5.91 Å². The van der Waals surface area contributed by atoms with E-state index in [0.29, 0.717) is 19.4 Å². The van der Waals surface area contributed by atoms with Crippen molar-refractivity contribution in [1.29, 1.82) is 0 Å². The first-order valence-electron chi connectivity index (χ1n) is 19.7. The van der Waals surface area contributed by atoms with Gasteiger partial charge in [0.25, 0.3) is 0 Å². The Kier molecular flexibility index (Phi) is 15.8. The number of nitrogens with zero attached hydrogens (tertiary/aromatic N) is 3. The molecule has 0 spiro atoms. The highest BCUT2D eigenvalue weighted by molar-refractivity contribution is 5.89. The average molecular weight is 790 g/mol. The van der Waals surface area contributed by atoms with Crippen molar-refractivity contribution in [3.63, 3.8) is 0 Å². The highest BCUT2D eigenvalue weighted by Crippen LogP contribution is 2.29. The molecule has 0 saturated carbocycles. The molecule has 3 amide bonds. The summed E-state index contributed by atoms with van der Waals surface area (Å²) in [5.74, 6) is -1.82. The highest BCUT2D eigenvalue weighted by atomic mass is 16.7. The van der Waals surface area contributed by atoms with Gasteiger partial charge in [-0.05, 0) is 121 Å². The SMILES string of the molecule is C[C@@H](C(=O)N1CCC[C@H]1COCOC(C)(C)C)N(C(=O)OC(C)(C)C)[C@@H](CCc1ccccc1)C(=O)O[C@@H]1C[C@@H](C(=O)OC(C)(C)C)N(C(=O)OC(C)(C)C)C1. The number of ether oxygens (including phenoxy) is 6. The van der Waals surface area contributed by atoms with Crippen LogP contribution in [0.3, 0.4) is 0 Å². The van der Waals surface area contributed by atoms with Crippen molar-refractivity contribution in [3.05, 3.63) is 35.9 Å². The fourth-order valence-electron chi connectivity index (χ4n) is 6.49.